The largest absolute Gasteiger partial charge is 0.351 e. The molecule has 0 unspecified atom stereocenters. The zero-order valence-corrected chi connectivity index (χ0v) is 18.5. The summed E-state index contributed by atoms with van der Waals surface area (Å²) in [6.45, 7) is 3.35. The molecule has 0 atom stereocenters. The maximum atomic E-state index is 12.5. The van der Waals surface area contributed by atoms with Crippen LogP contribution in [-0.2, 0) is 0 Å². The number of hydrogen-bond acceptors (Lipinski definition) is 7. The first-order chi connectivity index (χ1) is 15.7. The van der Waals surface area contributed by atoms with Crippen molar-refractivity contribution in [2.45, 2.75) is 25.8 Å². The molecule has 162 valence electrons. The quantitative estimate of drug-likeness (QED) is 0.503. The van der Waals surface area contributed by atoms with Gasteiger partial charge in [0.15, 0.2) is 5.01 Å². The molecule has 1 saturated heterocycles. The van der Waals surface area contributed by atoms with E-state index in [0.29, 0.717) is 24.0 Å². The molecule has 1 fully saturated rings. The first-order valence-corrected chi connectivity index (χ1v) is 11.5. The zero-order valence-electron chi connectivity index (χ0n) is 17.7. The fourth-order valence-electron chi connectivity index (χ4n) is 3.89. The molecule has 0 aliphatic carbocycles. The molecule has 9 heteroatoms. The van der Waals surface area contributed by atoms with E-state index in [2.05, 4.69) is 20.3 Å². The van der Waals surface area contributed by atoms with Crippen molar-refractivity contribution in [3.8, 4) is 17.2 Å². The average Bonchev–Trinajstić information content (AvgIpc) is 3.50. The molecule has 3 aromatic heterocycles. The first kappa shape index (κ1) is 20.3. The Bertz CT molecular complexity index is 1200. The van der Waals surface area contributed by atoms with Crippen LogP contribution in [0.1, 0.15) is 28.3 Å². The molecule has 0 bridgehead atoms. The summed E-state index contributed by atoms with van der Waals surface area (Å²) < 4.78 is 1.99. The standard InChI is InChI=1S/C23H23N7OS/c1-16-15-30(20(26-16)17-5-3-2-4-6-17)19-7-10-25-23(28-19)27-18-8-12-29(13-9-18)22(31)21-24-11-14-32-21/h2-7,10-11,14-15,18H,8-9,12-13H2,1H3,(H,25,27,28). The molecule has 1 N–H and O–H groups in total. The number of carbonyl (C=O) groups excluding carboxylic acids is 1. The van der Waals surface area contributed by atoms with Crippen LogP contribution >= 0.6 is 11.3 Å². The molecule has 1 amide bonds. The summed E-state index contributed by atoms with van der Waals surface area (Å²) in [5.41, 5.74) is 1.96. The summed E-state index contributed by atoms with van der Waals surface area (Å²) in [6, 6.07) is 12.2. The third-order valence-corrected chi connectivity index (χ3v) is 6.24. The van der Waals surface area contributed by atoms with Gasteiger partial charge in [0.1, 0.15) is 11.6 Å². The van der Waals surface area contributed by atoms with Crippen molar-refractivity contribution >= 4 is 23.2 Å². The molecule has 0 saturated carbocycles. The van der Waals surface area contributed by atoms with Crippen LogP contribution in [0.5, 0.6) is 0 Å². The normalized spacial score (nSPS) is 14.5. The predicted molar refractivity (Wildman–Crippen MR) is 124 cm³/mol. The van der Waals surface area contributed by atoms with Crippen molar-refractivity contribution in [1.29, 1.82) is 0 Å². The molecule has 8 nitrogen and oxygen atoms in total. The van der Waals surface area contributed by atoms with Crippen LogP contribution in [0.25, 0.3) is 17.2 Å². The third kappa shape index (κ3) is 4.24. The van der Waals surface area contributed by atoms with E-state index in [0.717, 1.165) is 35.7 Å². The highest BCUT2D eigenvalue weighted by Gasteiger charge is 2.25. The highest BCUT2D eigenvalue weighted by molar-refractivity contribution is 7.11. The molecule has 4 aromatic rings. The van der Waals surface area contributed by atoms with Gasteiger partial charge in [-0.1, -0.05) is 30.3 Å². The van der Waals surface area contributed by atoms with Gasteiger partial charge in [-0.3, -0.25) is 9.36 Å². The number of aryl methyl sites for hydroxylation is 1. The molecule has 1 aromatic carbocycles. The van der Waals surface area contributed by atoms with E-state index in [1.165, 1.54) is 11.3 Å². The number of aromatic nitrogens is 5. The van der Waals surface area contributed by atoms with E-state index in [9.17, 15) is 4.79 Å². The van der Waals surface area contributed by atoms with Gasteiger partial charge in [-0.05, 0) is 25.8 Å². The Labute approximate surface area is 190 Å². The fraction of sp³-hybridized carbons (Fsp3) is 0.261. The number of imidazole rings is 1. The van der Waals surface area contributed by atoms with E-state index in [4.69, 9.17) is 4.98 Å². The predicted octanol–water partition coefficient (Wildman–Crippen LogP) is 3.81. The average molecular weight is 446 g/mol. The number of benzene rings is 1. The lowest BCUT2D eigenvalue weighted by Gasteiger charge is -2.31. The minimum atomic E-state index is 0.0145. The second-order valence-corrected chi connectivity index (χ2v) is 8.62. The third-order valence-electron chi connectivity index (χ3n) is 5.48. The monoisotopic (exact) mass is 445 g/mol. The van der Waals surface area contributed by atoms with Crippen molar-refractivity contribution in [3.63, 3.8) is 0 Å². The van der Waals surface area contributed by atoms with Crippen LogP contribution in [0.3, 0.4) is 0 Å². The summed E-state index contributed by atoms with van der Waals surface area (Å²) >= 11 is 1.38. The van der Waals surface area contributed by atoms with E-state index in [-0.39, 0.29) is 11.9 Å². The van der Waals surface area contributed by atoms with Crippen LogP contribution < -0.4 is 5.32 Å². The number of rotatable bonds is 5. The van der Waals surface area contributed by atoms with Crippen molar-refractivity contribution in [2.24, 2.45) is 0 Å². The van der Waals surface area contributed by atoms with Gasteiger partial charge >= 0.3 is 0 Å². The second kappa shape index (κ2) is 8.88. The Hall–Kier alpha value is -3.59. The van der Waals surface area contributed by atoms with Gasteiger partial charge in [0.25, 0.3) is 5.91 Å². The number of carbonyl (C=O) groups is 1. The van der Waals surface area contributed by atoms with Gasteiger partial charge < -0.3 is 10.2 Å². The van der Waals surface area contributed by atoms with Crippen molar-refractivity contribution in [1.82, 2.24) is 29.4 Å². The Morgan fingerprint density at radius 1 is 1.06 bits per heavy atom. The molecular weight excluding hydrogens is 422 g/mol. The summed E-state index contributed by atoms with van der Waals surface area (Å²) in [4.78, 5) is 32.3. The van der Waals surface area contributed by atoms with Crippen molar-refractivity contribution in [3.05, 3.63) is 71.1 Å². The maximum absolute atomic E-state index is 12.5. The smallest absolute Gasteiger partial charge is 0.282 e. The molecule has 1 aliphatic heterocycles. The van der Waals surface area contributed by atoms with Crippen LogP contribution in [-0.4, -0.2) is 54.4 Å². The van der Waals surface area contributed by atoms with Crippen LogP contribution in [0.4, 0.5) is 5.95 Å². The van der Waals surface area contributed by atoms with E-state index in [1.807, 2.05) is 64.4 Å². The molecule has 4 heterocycles. The number of anilines is 1. The SMILES string of the molecule is Cc1cn(-c2ccnc(NC3CCN(C(=O)c4nccs4)CC3)n2)c(-c2ccccc2)n1. The Morgan fingerprint density at radius 3 is 2.62 bits per heavy atom. The Morgan fingerprint density at radius 2 is 1.88 bits per heavy atom. The molecule has 5 rings (SSSR count). The van der Waals surface area contributed by atoms with Gasteiger partial charge in [-0.15, -0.1) is 11.3 Å². The van der Waals surface area contributed by atoms with Gasteiger partial charge in [0, 0.05) is 48.7 Å². The summed E-state index contributed by atoms with van der Waals surface area (Å²) in [5, 5.41) is 5.83. The zero-order chi connectivity index (χ0) is 21.9. The Balaban J connectivity index is 1.29. The van der Waals surface area contributed by atoms with Crippen LogP contribution in [0.15, 0.2) is 60.4 Å². The molecule has 0 spiro atoms. The maximum Gasteiger partial charge on any atom is 0.282 e. The van der Waals surface area contributed by atoms with Crippen molar-refractivity contribution < 1.29 is 4.79 Å². The van der Waals surface area contributed by atoms with Crippen LogP contribution in [0.2, 0.25) is 0 Å². The van der Waals surface area contributed by atoms with Crippen LogP contribution in [0, 0.1) is 6.92 Å². The highest BCUT2D eigenvalue weighted by atomic mass is 32.1. The van der Waals surface area contributed by atoms with E-state index >= 15 is 0 Å². The van der Waals surface area contributed by atoms with E-state index < -0.39 is 0 Å². The highest BCUT2D eigenvalue weighted by Crippen LogP contribution is 2.23. The lowest BCUT2D eigenvalue weighted by atomic mass is 10.1. The van der Waals surface area contributed by atoms with Gasteiger partial charge in [-0.25, -0.2) is 15.0 Å². The van der Waals surface area contributed by atoms with Crippen molar-refractivity contribution in [2.75, 3.05) is 18.4 Å². The number of thiazole rings is 1. The minimum Gasteiger partial charge on any atom is -0.351 e. The lowest BCUT2D eigenvalue weighted by molar-refractivity contribution is 0.0718. The molecule has 1 aliphatic rings. The fourth-order valence-corrected chi connectivity index (χ4v) is 4.49. The summed E-state index contributed by atoms with van der Waals surface area (Å²) in [7, 11) is 0. The Kier molecular flexibility index (Phi) is 5.64. The van der Waals surface area contributed by atoms with Gasteiger partial charge in [0.2, 0.25) is 5.95 Å². The number of nitrogens with zero attached hydrogens (tertiary/aromatic N) is 6. The number of piperidine rings is 1. The summed E-state index contributed by atoms with van der Waals surface area (Å²) in [5.74, 6) is 2.21. The molecular formula is C23H23N7OS. The second-order valence-electron chi connectivity index (χ2n) is 7.73. The molecule has 32 heavy (non-hydrogen) atoms. The van der Waals surface area contributed by atoms with E-state index in [1.54, 1.807) is 12.4 Å². The first-order valence-electron chi connectivity index (χ1n) is 10.6. The summed E-state index contributed by atoms with van der Waals surface area (Å²) in [6.07, 6.45) is 7.09. The minimum absolute atomic E-state index is 0.0145. The topological polar surface area (TPSA) is 88.8 Å². The molecule has 0 radical (unpaired) electrons. The number of hydrogen-bond donors (Lipinski definition) is 1. The van der Waals surface area contributed by atoms with Gasteiger partial charge in [-0.2, -0.15) is 4.98 Å². The number of amides is 1. The lowest BCUT2D eigenvalue weighted by Crippen LogP contribution is -2.42. The number of nitrogens with one attached hydrogen (secondary N) is 1. The van der Waals surface area contributed by atoms with Gasteiger partial charge in [0.05, 0.1) is 5.69 Å². The number of likely N-dealkylation sites (tertiary alicyclic amines) is 1.